The Bertz CT molecular complexity index is 786. The van der Waals surface area contributed by atoms with Crippen LogP contribution in [-0.2, 0) is 0 Å². The summed E-state index contributed by atoms with van der Waals surface area (Å²) in [6.07, 6.45) is 4.53. The van der Waals surface area contributed by atoms with Gasteiger partial charge in [0.25, 0.3) is 0 Å². The first kappa shape index (κ1) is 13.3. The van der Waals surface area contributed by atoms with E-state index in [1.165, 1.54) is 27.5 Å². The zero-order valence-electron chi connectivity index (χ0n) is 10.6. The third kappa shape index (κ3) is 2.12. The fraction of sp³-hybridized carbons (Fsp3) is 0.0526. The van der Waals surface area contributed by atoms with Gasteiger partial charge in [0, 0.05) is 5.92 Å². The van der Waals surface area contributed by atoms with Gasteiger partial charge in [0.2, 0.25) is 0 Å². The molecular formula is C19H15Li. The summed E-state index contributed by atoms with van der Waals surface area (Å²) in [6, 6.07) is 24.0. The summed E-state index contributed by atoms with van der Waals surface area (Å²) in [5.41, 5.74) is 4.14. The third-order valence-electron chi connectivity index (χ3n) is 3.93. The molecule has 3 aromatic carbocycles. The van der Waals surface area contributed by atoms with Crippen molar-refractivity contribution in [3.63, 3.8) is 0 Å². The van der Waals surface area contributed by atoms with Gasteiger partial charge >= 0.3 is 18.9 Å². The van der Waals surface area contributed by atoms with Crippen LogP contribution in [0.3, 0.4) is 0 Å². The SMILES string of the molecule is C1=CC(c2ccc3ccccc3c2)c2ccccc21.[LiH]. The molecule has 0 saturated heterocycles. The van der Waals surface area contributed by atoms with Gasteiger partial charge < -0.3 is 0 Å². The van der Waals surface area contributed by atoms with E-state index in [2.05, 4.69) is 78.9 Å². The van der Waals surface area contributed by atoms with Crippen LogP contribution in [0.1, 0.15) is 22.6 Å². The minimum absolute atomic E-state index is 0. The van der Waals surface area contributed by atoms with E-state index in [9.17, 15) is 0 Å². The fourth-order valence-corrected chi connectivity index (χ4v) is 2.94. The molecule has 1 atom stereocenters. The number of hydrogen-bond acceptors (Lipinski definition) is 0. The molecular weight excluding hydrogens is 235 g/mol. The molecule has 1 heteroatoms. The summed E-state index contributed by atoms with van der Waals surface area (Å²) in [7, 11) is 0. The molecule has 3 aromatic rings. The molecule has 0 heterocycles. The molecule has 1 aliphatic carbocycles. The quantitative estimate of drug-likeness (QED) is 0.563. The second-order valence-corrected chi connectivity index (χ2v) is 5.07. The molecule has 4 rings (SSSR count). The van der Waals surface area contributed by atoms with Crippen molar-refractivity contribution in [2.45, 2.75) is 5.92 Å². The first-order valence-electron chi connectivity index (χ1n) is 6.68. The Kier molecular flexibility index (Phi) is 3.53. The number of rotatable bonds is 1. The molecule has 0 saturated carbocycles. The number of fused-ring (bicyclic) bond motifs is 2. The Balaban J connectivity index is 0.00000121. The summed E-state index contributed by atoms with van der Waals surface area (Å²) >= 11 is 0. The molecule has 0 fully saturated rings. The summed E-state index contributed by atoms with van der Waals surface area (Å²) in [5, 5.41) is 2.62. The summed E-state index contributed by atoms with van der Waals surface area (Å²) < 4.78 is 0. The predicted molar refractivity (Wildman–Crippen MR) is 88.4 cm³/mol. The van der Waals surface area contributed by atoms with Gasteiger partial charge in [0.1, 0.15) is 0 Å². The zero-order chi connectivity index (χ0) is 12.7. The summed E-state index contributed by atoms with van der Waals surface area (Å²) in [6.45, 7) is 0. The van der Waals surface area contributed by atoms with Gasteiger partial charge in [-0.25, -0.2) is 0 Å². The van der Waals surface area contributed by atoms with E-state index in [1.54, 1.807) is 0 Å². The average molecular weight is 250 g/mol. The number of allylic oxidation sites excluding steroid dienone is 1. The maximum atomic E-state index is 2.31. The number of hydrogen-bond donors (Lipinski definition) is 0. The Labute approximate surface area is 131 Å². The normalized spacial score (nSPS) is 15.9. The predicted octanol–water partition coefficient (Wildman–Crippen LogP) is 4.35. The molecule has 1 unspecified atom stereocenters. The van der Waals surface area contributed by atoms with Crippen LogP contribution < -0.4 is 0 Å². The van der Waals surface area contributed by atoms with Crippen molar-refractivity contribution in [2.75, 3.05) is 0 Å². The second kappa shape index (κ2) is 5.33. The monoisotopic (exact) mass is 250 g/mol. The topological polar surface area (TPSA) is 0 Å². The minimum atomic E-state index is 0. The van der Waals surface area contributed by atoms with E-state index in [1.807, 2.05) is 0 Å². The molecule has 0 aliphatic heterocycles. The van der Waals surface area contributed by atoms with Crippen LogP contribution in [-0.4, -0.2) is 18.9 Å². The van der Waals surface area contributed by atoms with Crippen molar-refractivity contribution >= 4 is 35.7 Å². The van der Waals surface area contributed by atoms with Crippen LogP contribution in [0.2, 0.25) is 0 Å². The van der Waals surface area contributed by atoms with Gasteiger partial charge in [-0.05, 0) is 27.5 Å². The fourth-order valence-electron chi connectivity index (χ4n) is 2.94. The maximum absolute atomic E-state index is 2.31. The van der Waals surface area contributed by atoms with Crippen molar-refractivity contribution in [1.82, 2.24) is 0 Å². The van der Waals surface area contributed by atoms with E-state index in [4.69, 9.17) is 0 Å². The molecule has 0 aromatic heterocycles. The molecule has 0 radical (unpaired) electrons. The van der Waals surface area contributed by atoms with Crippen LogP contribution in [0.15, 0.2) is 72.8 Å². The standard InChI is InChI=1S/C19H14.Li.H/c1-2-7-16-13-17(10-9-14(16)5-1)19-12-11-15-6-3-4-8-18(15)19;;/h1-13,19H;;. The van der Waals surface area contributed by atoms with Crippen molar-refractivity contribution in [1.29, 1.82) is 0 Å². The molecule has 0 amide bonds. The van der Waals surface area contributed by atoms with E-state index in [-0.39, 0.29) is 18.9 Å². The summed E-state index contributed by atoms with van der Waals surface area (Å²) in [5.74, 6) is 0.404. The van der Waals surface area contributed by atoms with E-state index in [0.717, 1.165) is 0 Å². The molecule has 0 N–H and O–H groups in total. The average Bonchev–Trinajstić information content (AvgIpc) is 2.91. The van der Waals surface area contributed by atoms with Gasteiger partial charge in [-0.15, -0.1) is 0 Å². The Morgan fingerprint density at radius 2 is 1.45 bits per heavy atom. The van der Waals surface area contributed by atoms with Gasteiger partial charge in [0.15, 0.2) is 0 Å². The van der Waals surface area contributed by atoms with Crippen LogP contribution >= 0.6 is 0 Å². The van der Waals surface area contributed by atoms with E-state index < -0.39 is 0 Å². The van der Waals surface area contributed by atoms with Crippen molar-refractivity contribution < 1.29 is 0 Å². The van der Waals surface area contributed by atoms with Crippen LogP contribution in [0, 0.1) is 0 Å². The Morgan fingerprint density at radius 3 is 2.35 bits per heavy atom. The Morgan fingerprint density at radius 1 is 0.700 bits per heavy atom. The third-order valence-corrected chi connectivity index (χ3v) is 3.93. The molecule has 20 heavy (non-hydrogen) atoms. The molecule has 92 valence electrons. The molecule has 0 nitrogen and oxygen atoms in total. The van der Waals surface area contributed by atoms with Crippen molar-refractivity contribution in [2.24, 2.45) is 0 Å². The van der Waals surface area contributed by atoms with E-state index in [0.29, 0.717) is 5.92 Å². The van der Waals surface area contributed by atoms with Crippen molar-refractivity contribution in [3.8, 4) is 0 Å². The van der Waals surface area contributed by atoms with Gasteiger partial charge in [-0.1, -0.05) is 78.9 Å². The Hall–Kier alpha value is -1.74. The summed E-state index contributed by atoms with van der Waals surface area (Å²) in [4.78, 5) is 0. The first-order chi connectivity index (χ1) is 9.42. The molecule has 1 aliphatic rings. The number of benzene rings is 3. The molecule has 0 spiro atoms. The second-order valence-electron chi connectivity index (χ2n) is 5.07. The van der Waals surface area contributed by atoms with Gasteiger partial charge in [-0.2, -0.15) is 0 Å². The van der Waals surface area contributed by atoms with Gasteiger partial charge in [0.05, 0.1) is 0 Å². The van der Waals surface area contributed by atoms with Crippen LogP contribution in [0.25, 0.3) is 16.8 Å². The first-order valence-corrected chi connectivity index (χ1v) is 6.68. The van der Waals surface area contributed by atoms with Crippen LogP contribution in [0.5, 0.6) is 0 Å². The van der Waals surface area contributed by atoms with Crippen LogP contribution in [0.4, 0.5) is 0 Å². The van der Waals surface area contributed by atoms with Crippen molar-refractivity contribution in [3.05, 3.63) is 89.5 Å². The van der Waals surface area contributed by atoms with Gasteiger partial charge in [-0.3, -0.25) is 0 Å². The molecule has 0 bridgehead atoms. The zero-order valence-corrected chi connectivity index (χ0v) is 10.6. The van der Waals surface area contributed by atoms with E-state index >= 15 is 0 Å².